The van der Waals surface area contributed by atoms with Crippen LogP contribution >= 0.6 is 0 Å². The average Bonchev–Trinajstić information content (AvgIpc) is 3.04. The predicted molar refractivity (Wildman–Crippen MR) is 114 cm³/mol. The number of hydrogen-bond acceptors (Lipinski definition) is 5. The molecule has 5 rings (SSSR count). The van der Waals surface area contributed by atoms with Gasteiger partial charge < -0.3 is 4.84 Å². The Morgan fingerprint density at radius 3 is 2.13 bits per heavy atom. The first-order valence-corrected chi connectivity index (χ1v) is 9.70. The molecule has 0 bridgehead atoms. The maximum absolute atomic E-state index is 13.1. The summed E-state index contributed by atoms with van der Waals surface area (Å²) >= 11 is 0. The second-order valence-electron chi connectivity index (χ2n) is 7.27. The second kappa shape index (κ2) is 7.18. The van der Waals surface area contributed by atoms with Gasteiger partial charge in [-0.1, -0.05) is 65.2 Å². The van der Waals surface area contributed by atoms with Gasteiger partial charge in [0, 0.05) is 10.9 Å². The molecule has 4 aromatic rings. The number of nitrogens with zero attached hydrogens (tertiary/aromatic N) is 2. The summed E-state index contributed by atoms with van der Waals surface area (Å²) in [6, 6.07) is 22.9. The van der Waals surface area contributed by atoms with Crippen LogP contribution in [0.15, 0.2) is 78.9 Å². The zero-order valence-electron chi connectivity index (χ0n) is 16.5. The van der Waals surface area contributed by atoms with Crippen molar-refractivity contribution in [3.05, 3.63) is 101 Å². The first-order valence-electron chi connectivity index (χ1n) is 9.70. The molecule has 0 saturated carbocycles. The summed E-state index contributed by atoms with van der Waals surface area (Å²) in [7, 11) is 0. The number of para-hydroxylation sites is 1. The lowest BCUT2D eigenvalue weighted by Gasteiger charge is -2.14. The second-order valence-corrected chi connectivity index (χ2v) is 7.27. The highest BCUT2D eigenvalue weighted by Crippen LogP contribution is 2.28. The van der Waals surface area contributed by atoms with Crippen molar-refractivity contribution in [1.82, 2.24) is 10.0 Å². The SMILES string of the molecule is Cc1ccc(-c2cc(C(=O)ON3C(=O)c4ccccc4C3=O)c3ccccc3n2)cc1. The van der Waals surface area contributed by atoms with Gasteiger partial charge in [-0.25, -0.2) is 9.78 Å². The summed E-state index contributed by atoms with van der Waals surface area (Å²) in [5.74, 6) is -2.13. The van der Waals surface area contributed by atoms with E-state index in [2.05, 4.69) is 4.98 Å². The number of rotatable bonds is 3. The highest BCUT2D eigenvalue weighted by molar-refractivity contribution is 6.21. The van der Waals surface area contributed by atoms with E-state index in [-0.39, 0.29) is 16.7 Å². The van der Waals surface area contributed by atoms with Crippen LogP contribution in [0.1, 0.15) is 36.6 Å². The molecule has 2 heterocycles. The average molecular weight is 408 g/mol. The van der Waals surface area contributed by atoms with E-state index in [0.717, 1.165) is 11.1 Å². The molecule has 0 aliphatic carbocycles. The number of amides is 2. The van der Waals surface area contributed by atoms with Crippen LogP contribution in [0.5, 0.6) is 0 Å². The number of aromatic nitrogens is 1. The van der Waals surface area contributed by atoms with E-state index in [9.17, 15) is 14.4 Å². The molecule has 0 atom stereocenters. The zero-order valence-corrected chi connectivity index (χ0v) is 16.5. The van der Waals surface area contributed by atoms with Gasteiger partial charge in [-0.05, 0) is 31.2 Å². The van der Waals surface area contributed by atoms with E-state index >= 15 is 0 Å². The summed E-state index contributed by atoms with van der Waals surface area (Å²) in [5, 5.41) is 1.09. The molecule has 150 valence electrons. The smallest absolute Gasteiger partial charge is 0.324 e. The molecule has 31 heavy (non-hydrogen) atoms. The lowest BCUT2D eigenvalue weighted by molar-refractivity contribution is -0.0583. The van der Waals surface area contributed by atoms with Crippen molar-refractivity contribution < 1.29 is 19.2 Å². The van der Waals surface area contributed by atoms with Crippen LogP contribution in [0.4, 0.5) is 0 Å². The van der Waals surface area contributed by atoms with Crippen LogP contribution in [-0.4, -0.2) is 27.8 Å². The van der Waals surface area contributed by atoms with Crippen LogP contribution in [-0.2, 0) is 4.84 Å². The van der Waals surface area contributed by atoms with E-state index in [1.54, 1.807) is 36.4 Å². The van der Waals surface area contributed by atoms with E-state index < -0.39 is 17.8 Å². The maximum Gasteiger partial charge on any atom is 0.364 e. The lowest BCUT2D eigenvalue weighted by Crippen LogP contribution is -2.32. The summed E-state index contributed by atoms with van der Waals surface area (Å²) in [4.78, 5) is 48.2. The minimum absolute atomic E-state index is 0.209. The van der Waals surface area contributed by atoms with Crippen molar-refractivity contribution in [3.63, 3.8) is 0 Å². The van der Waals surface area contributed by atoms with Gasteiger partial charge in [-0.15, -0.1) is 0 Å². The normalized spacial score (nSPS) is 12.9. The summed E-state index contributed by atoms with van der Waals surface area (Å²) in [5.41, 5.74) is 3.78. The van der Waals surface area contributed by atoms with Crippen molar-refractivity contribution in [2.45, 2.75) is 6.92 Å². The van der Waals surface area contributed by atoms with Crippen LogP contribution in [0.3, 0.4) is 0 Å². The quantitative estimate of drug-likeness (QED) is 0.464. The Hall–Kier alpha value is -4.32. The summed E-state index contributed by atoms with van der Waals surface area (Å²) in [6.45, 7) is 1.99. The van der Waals surface area contributed by atoms with Gasteiger partial charge in [0.05, 0.1) is 27.9 Å². The van der Waals surface area contributed by atoms with Gasteiger partial charge in [-0.3, -0.25) is 9.59 Å². The number of hydroxylamine groups is 2. The molecule has 3 aromatic carbocycles. The first-order chi connectivity index (χ1) is 15.0. The Bertz CT molecular complexity index is 1340. The zero-order chi connectivity index (χ0) is 21.5. The summed E-state index contributed by atoms with van der Waals surface area (Å²) in [6.07, 6.45) is 0. The molecule has 0 fully saturated rings. The number of pyridine rings is 1. The van der Waals surface area contributed by atoms with Gasteiger partial charge in [0.1, 0.15) is 0 Å². The van der Waals surface area contributed by atoms with Gasteiger partial charge in [0.15, 0.2) is 0 Å². The Morgan fingerprint density at radius 2 is 1.45 bits per heavy atom. The van der Waals surface area contributed by atoms with Crippen molar-refractivity contribution in [2.24, 2.45) is 0 Å². The van der Waals surface area contributed by atoms with Crippen LogP contribution in [0.25, 0.3) is 22.2 Å². The maximum atomic E-state index is 13.1. The number of imide groups is 1. The number of fused-ring (bicyclic) bond motifs is 2. The predicted octanol–water partition coefficient (Wildman–Crippen LogP) is 4.58. The van der Waals surface area contributed by atoms with Gasteiger partial charge in [0.2, 0.25) is 0 Å². The third kappa shape index (κ3) is 3.14. The minimum Gasteiger partial charge on any atom is -0.324 e. The molecule has 0 unspecified atom stereocenters. The van der Waals surface area contributed by atoms with E-state index in [1.807, 2.05) is 37.3 Å². The number of hydrogen-bond donors (Lipinski definition) is 0. The lowest BCUT2D eigenvalue weighted by atomic mass is 10.0. The van der Waals surface area contributed by atoms with Crippen LogP contribution in [0, 0.1) is 6.92 Å². The number of carbonyl (C=O) groups is 3. The molecule has 0 radical (unpaired) electrons. The standard InChI is InChI=1S/C25H16N2O4/c1-15-10-12-16(13-11-15)22-14-20(17-6-4-5-9-21(17)26-22)25(30)31-27-23(28)18-7-2-3-8-19(18)24(27)29/h2-14H,1H3. The Labute approximate surface area is 177 Å². The third-order valence-corrected chi connectivity index (χ3v) is 5.21. The molecule has 1 aromatic heterocycles. The molecule has 0 saturated heterocycles. The van der Waals surface area contributed by atoms with Crippen LogP contribution < -0.4 is 0 Å². The van der Waals surface area contributed by atoms with Gasteiger partial charge in [0.25, 0.3) is 11.8 Å². The Balaban J connectivity index is 1.55. The molecular weight excluding hydrogens is 392 g/mol. The highest BCUT2D eigenvalue weighted by Gasteiger charge is 2.39. The molecule has 6 nitrogen and oxygen atoms in total. The largest absolute Gasteiger partial charge is 0.364 e. The van der Waals surface area contributed by atoms with Gasteiger partial charge >= 0.3 is 5.97 Å². The fraction of sp³-hybridized carbons (Fsp3) is 0.0400. The van der Waals surface area contributed by atoms with Gasteiger partial charge in [-0.2, -0.15) is 0 Å². The number of aryl methyl sites for hydroxylation is 1. The van der Waals surface area contributed by atoms with E-state index in [0.29, 0.717) is 21.7 Å². The number of benzene rings is 3. The fourth-order valence-corrected chi connectivity index (χ4v) is 3.60. The molecule has 2 amide bonds. The monoisotopic (exact) mass is 408 g/mol. The topological polar surface area (TPSA) is 76.6 Å². The van der Waals surface area contributed by atoms with Crippen LogP contribution in [0.2, 0.25) is 0 Å². The molecular formula is C25H16N2O4. The minimum atomic E-state index is -0.804. The molecule has 1 aliphatic heterocycles. The Kier molecular flexibility index (Phi) is 4.33. The summed E-state index contributed by atoms with van der Waals surface area (Å²) < 4.78 is 0. The van der Waals surface area contributed by atoms with E-state index in [1.165, 1.54) is 12.1 Å². The fourth-order valence-electron chi connectivity index (χ4n) is 3.60. The van der Waals surface area contributed by atoms with Crippen molar-refractivity contribution in [1.29, 1.82) is 0 Å². The van der Waals surface area contributed by atoms with Crippen molar-refractivity contribution in [2.75, 3.05) is 0 Å². The molecule has 1 aliphatic rings. The van der Waals surface area contributed by atoms with Crippen molar-refractivity contribution >= 4 is 28.7 Å². The number of carbonyl (C=O) groups excluding carboxylic acids is 3. The highest BCUT2D eigenvalue weighted by atomic mass is 16.7. The molecule has 6 heteroatoms. The third-order valence-electron chi connectivity index (χ3n) is 5.21. The van der Waals surface area contributed by atoms with Crippen molar-refractivity contribution in [3.8, 4) is 11.3 Å². The molecule has 0 N–H and O–H groups in total. The van der Waals surface area contributed by atoms with E-state index in [4.69, 9.17) is 4.84 Å². The first kappa shape index (κ1) is 18.7. The molecule has 0 spiro atoms. The Morgan fingerprint density at radius 1 is 0.839 bits per heavy atom.